The van der Waals surface area contributed by atoms with Gasteiger partial charge in [-0.15, -0.1) is 10.2 Å². The van der Waals surface area contributed by atoms with Gasteiger partial charge in [-0.25, -0.2) is 0 Å². The van der Waals surface area contributed by atoms with E-state index in [9.17, 15) is 0 Å². The molecule has 138 valence electrons. The largest absolute Gasteiger partial charge is 0.256 e. The summed E-state index contributed by atoms with van der Waals surface area (Å²) in [5.74, 6) is 0.768. The number of nitriles is 1. The van der Waals surface area contributed by atoms with Gasteiger partial charge in [0.2, 0.25) is 0 Å². The quantitative estimate of drug-likeness (QED) is 0.467. The first-order chi connectivity index (χ1) is 14.2. The Morgan fingerprint density at radius 3 is 2.79 bits per heavy atom. The molecule has 0 aliphatic heterocycles. The lowest BCUT2D eigenvalue weighted by Crippen LogP contribution is -2.05. The summed E-state index contributed by atoms with van der Waals surface area (Å²) in [6, 6.07) is 23.6. The number of fused-ring (bicyclic) bond motifs is 2. The summed E-state index contributed by atoms with van der Waals surface area (Å²) >= 11 is 0. The predicted molar refractivity (Wildman–Crippen MR) is 110 cm³/mol. The summed E-state index contributed by atoms with van der Waals surface area (Å²) in [6.45, 7) is 2.10. The van der Waals surface area contributed by atoms with E-state index in [1.165, 1.54) is 0 Å². The van der Waals surface area contributed by atoms with Crippen LogP contribution in [0.15, 0.2) is 72.9 Å². The van der Waals surface area contributed by atoms with Gasteiger partial charge in [-0.1, -0.05) is 31.2 Å². The zero-order valence-electron chi connectivity index (χ0n) is 15.7. The van der Waals surface area contributed by atoms with Crippen molar-refractivity contribution in [2.45, 2.75) is 12.8 Å². The zero-order valence-corrected chi connectivity index (χ0v) is 15.7. The molecule has 0 unspecified atom stereocenters. The Bertz CT molecular complexity index is 1400. The van der Waals surface area contributed by atoms with Crippen LogP contribution >= 0.6 is 0 Å². The molecule has 0 radical (unpaired) electrons. The molecule has 0 bridgehead atoms. The maximum absolute atomic E-state index is 9.17. The number of benzene rings is 2. The van der Waals surface area contributed by atoms with Gasteiger partial charge in [-0.3, -0.25) is 4.98 Å². The van der Waals surface area contributed by atoms with Crippen molar-refractivity contribution in [1.29, 1.82) is 5.26 Å². The summed E-state index contributed by atoms with van der Waals surface area (Å²) in [6.07, 6.45) is 1.80. The van der Waals surface area contributed by atoms with Crippen molar-refractivity contribution in [2.24, 2.45) is 0 Å². The van der Waals surface area contributed by atoms with Crippen molar-refractivity contribution >= 4 is 16.6 Å². The molecule has 29 heavy (non-hydrogen) atoms. The maximum Gasteiger partial charge on any atom is 0.177 e. The fourth-order valence-corrected chi connectivity index (χ4v) is 3.49. The summed E-state index contributed by atoms with van der Waals surface area (Å²) < 4.78 is 1.78. The molecule has 6 heteroatoms. The fourth-order valence-electron chi connectivity index (χ4n) is 3.49. The lowest BCUT2D eigenvalue weighted by molar-refractivity contribution is 0.753. The second-order valence-corrected chi connectivity index (χ2v) is 6.92. The van der Waals surface area contributed by atoms with Gasteiger partial charge in [0.1, 0.15) is 0 Å². The third-order valence-electron chi connectivity index (χ3n) is 5.09. The van der Waals surface area contributed by atoms with Crippen LogP contribution in [0.3, 0.4) is 0 Å². The van der Waals surface area contributed by atoms with Crippen LogP contribution in [0.2, 0.25) is 0 Å². The number of pyridine rings is 1. The van der Waals surface area contributed by atoms with E-state index in [1.807, 2.05) is 42.5 Å². The van der Waals surface area contributed by atoms with Gasteiger partial charge in [0, 0.05) is 23.1 Å². The molecule has 0 aliphatic carbocycles. The minimum atomic E-state index is 0.00259. The van der Waals surface area contributed by atoms with Crippen LogP contribution in [0.4, 0.5) is 0 Å². The molecule has 0 saturated carbocycles. The monoisotopic (exact) mass is 376 g/mol. The van der Waals surface area contributed by atoms with Crippen LogP contribution in [0.25, 0.3) is 27.8 Å². The first-order valence-electron chi connectivity index (χ1n) is 9.30. The van der Waals surface area contributed by atoms with E-state index in [1.54, 1.807) is 16.8 Å². The van der Waals surface area contributed by atoms with Crippen molar-refractivity contribution < 1.29 is 0 Å². The van der Waals surface area contributed by atoms with E-state index in [2.05, 4.69) is 46.4 Å². The summed E-state index contributed by atoms with van der Waals surface area (Å²) in [5, 5.41) is 23.7. The van der Waals surface area contributed by atoms with Crippen LogP contribution in [-0.4, -0.2) is 24.8 Å². The topological polar surface area (TPSA) is 79.8 Å². The highest BCUT2D eigenvalue weighted by atomic mass is 15.4. The SMILES string of the molecule is C[C@@H](c1ccc2ncccc2c1)c1nnc2ccc(-c3cccc(C#N)c3)nn12. The van der Waals surface area contributed by atoms with Crippen molar-refractivity contribution in [3.63, 3.8) is 0 Å². The molecule has 0 N–H and O–H groups in total. The highest BCUT2D eigenvalue weighted by Crippen LogP contribution is 2.26. The number of nitrogens with zero attached hydrogens (tertiary/aromatic N) is 6. The minimum Gasteiger partial charge on any atom is -0.256 e. The lowest BCUT2D eigenvalue weighted by atomic mass is 9.98. The average Bonchev–Trinajstić information content (AvgIpc) is 3.21. The molecule has 0 spiro atoms. The Labute approximate surface area is 167 Å². The second kappa shape index (κ2) is 6.80. The van der Waals surface area contributed by atoms with Crippen LogP contribution in [0.1, 0.15) is 29.8 Å². The van der Waals surface area contributed by atoms with Gasteiger partial charge in [-0.05, 0) is 48.0 Å². The van der Waals surface area contributed by atoms with Gasteiger partial charge < -0.3 is 0 Å². The van der Waals surface area contributed by atoms with E-state index in [0.717, 1.165) is 33.5 Å². The van der Waals surface area contributed by atoms with Gasteiger partial charge in [0.15, 0.2) is 11.5 Å². The molecule has 3 aromatic heterocycles. The van der Waals surface area contributed by atoms with E-state index in [-0.39, 0.29) is 5.92 Å². The Hall–Kier alpha value is -4.11. The Morgan fingerprint density at radius 1 is 0.966 bits per heavy atom. The highest BCUT2D eigenvalue weighted by molar-refractivity contribution is 5.79. The molecule has 3 heterocycles. The van der Waals surface area contributed by atoms with Gasteiger partial charge in [-0.2, -0.15) is 14.9 Å². The minimum absolute atomic E-state index is 0.00259. The molecular formula is C23H16N6. The third-order valence-corrected chi connectivity index (χ3v) is 5.09. The molecular weight excluding hydrogens is 360 g/mol. The van der Waals surface area contributed by atoms with Crippen molar-refractivity contribution in [2.75, 3.05) is 0 Å². The average molecular weight is 376 g/mol. The van der Waals surface area contributed by atoms with Gasteiger partial charge in [0.25, 0.3) is 0 Å². The third kappa shape index (κ3) is 2.99. The standard InChI is InChI=1S/C23H16N6/c1-15(17-7-8-20-19(13-17)6-3-11-25-20)23-27-26-22-10-9-21(28-29(22)23)18-5-2-4-16(12-18)14-24/h2-13,15H,1H3/t15-/m0/s1. The van der Waals surface area contributed by atoms with E-state index in [0.29, 0.717) is 11.2 Å². The molecule has 0 saturated heterocycles. The molecule has 0 amide bonds. The molecule has 1 atom stereocenters. The number of hydrogen-bond acceptors (Lipinski definition) is 5. The first-order valence-corrected chi connectivity index (χ1v) is 9.30. The first kappa shape index (κ1) is 17.0. The van der Waals surface area contributed by atoms with Crippen LogP contribution in [0, 0.1) is 11.3 Å². The Morgan fingerprint density at radius 2 is 1.90 bits per heavy atom. The Balaban J connectivity index is 1.59. The normalized spacial score (nSPS) is 12.1. The highest BCUT2D eigenvalue weighted by Gasteiger charge is 2.17. The zero-order chi connectivity index (χ0) is 19.8. The molecule has 5 aromatic rings. The number of aromatic nitrogens is 5. The molecule has 5 rings (SSSR count). The van der Waals surface area contributed by atoms with Crippen molar-refractivity contribution in [3.05, 3.63) is 89.9 Å². The van der Waals surface area contributed by atoms with E-state index >= 15 is 0 Å². The number of rotatable bonds is 3. The van der Waals surface area contributed by atoms with Crippen LogP contribution in [0.5, 0.6) is 0 Å². The van der Waals surface area contributed by atoms with Crippen molar-refractivity contribution in [3.8, 4) is 17.3 Å². The van der Waals surface area contributed by atoms with Crippen LogP contribution < -0.4 is 0 Å². The number of hydrogen-bond donors (Lipinski definition) is 0. The van der Waals surface area contributed by atoms with Gasteiger partial charge >= 0.3 is 0 Å². The van der Waals surface area contributed by atoms with Crippen molar-refractivity contribution in [1.82, 2.24) is 24.8 Å². The lowest BCUT2D eigenvalue weighted by Gasteiger charge is -2.11. The van der Waals surface area contributed by atoms with E-state index < -0.39 is 0 Å². The fraction of sp³-hybridized carbons (Fsp3) is 0.0870. The summed E-state index contributed by atoms with van der Waals surface area (Å²) in [7, 11) is 0. The Kier molecular flexibility index (Phi) is 3.99. The molecule has 6 nitrogen and oxygen atoms in total. The summed E-state index contributed by atoms with van der Waals surface area (Å²) in [4.78, 5) is 4.39. The van der Waals surface area contributed by atoms with Crippen LogP contribution in [-0.2, 0) is 0 Å². The molecule has 0 aliphatic rings. The van der Waals surface area contributed by atoms with E-state index in [4.69, 9.17) is 10.4 Å². The predicted octanol–water partition coefficient (Wildman–Crippen LogP) is 4.36. The molecule has 0 fully saturated rings. The second-order valence-electron chi connectivity index (χ2n) is 6.92. The smallest absolute Gasteiger partial charge is 0.177 e. The maximum atomic E-state index is 9.17. The summed E-state index contributed by atoms with van der Waals surface area (Å²) in [5.41, 5.74) is 5.03. The van der Waals surface area contributed by atoms with Gasteiger partial charge in [0.05, 0.1) is 22.8 Å². The molecule has 2 aromatic carbocycles.